The van der Waals surface area contributed by atoms with Crippen molar-refractivity contribution in [3.63, 3.8) is 0 Å². The number of aromatic nitrogens is 4. The van der Waals surface area contributed by atoms with Crippen LogP contribution in [0, 0.1) is 0 Å². The second kappa shape index (κ2) is 8.13. The Hall–Kier alpha value is -2.38. The topological polar surface area (TPSA) is 63.9 Å². The standard InChI is InChI=1S/C17H16ClN5OS/c1-2-22(14-6-4-3-5-7-14)16(24)12-25-17-19-20-21-23(17)15-10-8-13(18)9-11-15/h3-11H,2,12H2,1H3. The Morgan fingerprint density at radius 1 is 1.16 bits per heavy atom. The first kappa shape index (κ1) is 17.4. The second-order valence-electron chi connectivity index (χ2n) is 5.11. The van der Waals surface area contributed by atoms with E-state index >= 15 is 0 Å². The fraction of sp³-hybridized carbons (Fsp3) is 0.176. The van der Waals surface area contributed by atoms with Crippen molar-refractivity contribution in [1.82, 2.24) is 20.2 Å². The Labute approximate surface area is 154 Å². The van der Waals surface area contributed by atoms with E-state index in [1.165, 1.54) is 11.8 Å². The maximum atomic E-state index is 12.6. The normalized spacial score (nSPS) is 10.6. The summed E-state index contributed by atoms with van der Waals surface area (Å²) in [7, 11) is 0. The Balaban J connectivity index is 1.71. The number of rotatable bonds is 6. The van der Waals surface area contributed by atoms with Gasteiger partial charge >= 0.3 is 0 Å². The van der Waals surface area contributed by atoms with Gasteiger partial charge in [-0.25, -0.2) is 0 Å². The average molecular weight is 374 g/mol. The SMILES string of the molecule is CCN(C(=O)CSc1nnnn1-c1ccc(Cl)cc1)c1ccccc1. The third-order valence-electron chi connectivity index (χ3n) is 3.52. The van der Waals surface area contributed by atoms with E-state index in [9.17, 15) is 4.79 Å². The smallest absolute Gasteiger partial charge is 0.237 e. The molecule has 3 rings (SSSR count). The molecule has 0 aliphatic heterocycles. The van der Waals surface area contributed by atoms with Crippen LogP contribution < -0.4 is 4.90 Å². The summed E-state index contributed by atoms with van der Waals surface area (Å²) < 4.78 is 1.59. The summed E-state index contributed by atoms with van der Waals surface area (Å²) in [5, 5.41) is 12.9. The van der Waals surface area contributed by atoms with Crippen molar-refractivity contribution in [1.29, 1.82) is 0 Å². The minimum Gasteiger partial charge on any atom is -0.312 e. The molecule has 0 unspecified atom stereocenters. The van der Waals surface area contributed by atoms with E-state index in [2.05, 4.69) is 15.5 Å². The van der Waals surface area contributed by atoms with Crippen molar-refractivity contribution in [3.05, 3.63) is 59.6 Å². The molecule has 0 spiro atoms. The van der Waals surface area contributed by atoms with Gasteiger partial charge < -0.3 is 4.90 Å². The summed E-state index contributed by atoms with van der Waals surface area (Å²) in [6.07, 6.45) is 0. The van der Waals surface area contributed by atoms with Crippen molar-refractivity contribution in [2.45, 2.75) is 12.1 Å². The monoisotopic (exact) mass is 373 g/mol. The Morgan fingerprint density at radius 2 is 1.88 bits per heavy atom. The molecule has 0 aliphatic rings. The number of thioether (sulfide) groups is 1. The molecule has 2 aromatic carbocycles. The number of carbonyl (C=O) groups excluding carboxylic acids is 1. The van der Waals surface area contributed by atoms with Crippen molar-refractivity contribution >= 4 is 35.0 Å². The Kier molecular flexibility index (Phi) is 5.67. The van der Waals surface area contributed by atoms with Crippen LogP contribution in [0.25, 0.3) is 5.69 Å². The lowest BCUT2D eigenvalue weighted by Crippen LogP contribution is -2.32. The molecule has 3 aromatic rings. The van der Waals surface area contributed by atoms with Crippen LogP contribution in [0.4, 0.5) is 5.69 Å². The number of halogens is 1. The van der Waals surface area contributed by atoms with Crippen molar-refractivity contribution < 1.29 is 4.79 Å². The molecule has 0 radical (unpaired) electrons. The summed E-state index contributed by atoms with van der Waals surface area (Å²) in [5.74, 6) is 0.251. The third kappa shape index (κ3) is 4.18. The van der Waals surface area contributed by atoms with Gasteiger partial charge in [0.1, 0.15) is 0 Å². The average Bonchev–Trinajstić information content (AvgIpc) is 3.11. The fourth-order valence-corrected chi connectivity index (χ4v) is 3.22. The van der Waals surface area contributed by atoms with Crippen LogP contribution in [0.5, 0.6) is 0 Å². The molecular formula is C17H16ClN5OS. The quantitative estimate of drug-likeness (QED) is 0.619. The number of tetrazole rings is 1. The maximum Gasteiger partial charge on any atom is 0.237 e. The highest BCUT2D eigenvalue weighted by Crippen LogP contribution is 2.21. The molecule has 0 fully saturated rings. The van der Waals surface area contributed by atoms with E-state index in [4.69, 9.17) is 11.6 Å². The van der Waals surface area contributed by atoms with Crippen LogP contribution >= 0.6 is 23.4 Å². The molecule has 6 nitrogen and oxygen atoms in total. The lowest BCUT2D eigenvalue weighted by atomic mass is 10.3. The van der Waals surface area contributed by atoms with Gasteiger partial charge in [-0.05, 0) is 53.7 Å². The summed E-state index contributed by atoms with van der Waals surface area (Å²) >= 11 is 7.21. The lowest BCUT2D eigenvalue weighted by Gasteiger charge is -2.20. The molecule has 0 bridgehead atoms. The van der Waals surface area contributed by atoms with Gasteiger partial charge in [0.25, 0.3) is 0 Å². The highest BCUT2D eigenvalue weighted by molar-refractivity contribution is 7.99. The minimum absolute atomic E-state index is 0.00403. The van der Waals surface area contributed by atoms with Crippen LogP contribution in [0.2, 0.25) is 5.02 Å². The zero-order valence-electron chi connectivity index (χ0n) is 13.5. The van der Waals surface area contributed by atoms with Gasteiger partial charge in [0.2, 0.25) is 11.1 Å². The highest BCUT2D eigenvalue weighted by atomic mass is 35.5. The molecule has 0 saturated heterocycles. The first-order chi connectivity index (χ1) is 12.2. The number of nitrogens with zero attached hydrogens (tertiary/aromatic N) is 5. The molecule has 8 heteroatoms. The van der Waals surface area contributed by atoms with Crippen molar-refractivity contribution in [2.75, 3.05) is 17.2 Å². The Morgan fingerprint density at radius 3 is 2.56 bits per heavy atom. The molecule has 25 heavy (non-hydrogen) atoms. The zero-order valence-corrected chi connectivity index (χ0v) is 15.1. The largest absolute Gasteiger partial charge is 0.312 e. The molecular weight excluding hydrogens is 358 g/mol. The van der Waals surface area contributed by atoms with E-state index < -0.39 is 0 Å². The summed E-state index contributed by atoms with van der Waals surface area (Å²) in [6, 6.07) is 16.8. The predicted molar refractivity (Wildman–Crippen MR) is 99.4 cm³/mol. The number of amides is 1. The lowest BCUT2D eigenvalue weighted by molar-refractivity contribution is -0.116. The number of benzene rings is 2. The van der Waals surface area contributed by atoms with Gasteiger partial charge in [-0.2, -0.15) is 4.68 Å². The van der Waals surface area contributed by atoms with E-state index in [1.54, 1.807) is 21.7 Å². The second-order valence-corrected chi connectivity index (χ2v) is 6.49. The van der Waals surface area contributed by atoms with E-state index in [0.717, 1.165) is 11.4 Å². The Bertz CT molecular complexity index is 838. The zero-order chi connectivity index (χ0) is 17.6. The first-order valence-electron chi connectivity index (χ1n) is 7.71. The number of para-hydroxylation sites is 1. The van der Waals surface area contributed by atoms with Gasteiger partial charge in [-0.3, -0.25) is 4.79 Å². The van der Waals surface area contributed by atoms with E-state index in [1.807, 2.05) is 49.4 Å². The van der Waals surface area contributed by atoms with E-state index in [-0.39, 0.29) is 11.7 Å². The maximum absolute atomic E-state index is 12.6. The van der Waals surface area contributed by atoms with Crippen LogP contribution in [0.3, 0.4) is 0 Å². The highest BCUT2D eigenvalue weighted by Gasteiger charge is 2.16. The van der Waals surface area contributed by atoms with Crippen LogP contribution in [-0.4, -0.2) is 38.4 Å². The molecule has 1 heterocycles. The summed E-state index contributed by atoms with van der Waals surface area (Å²) in [6.45, 7) is 2.55. The van der Waals surface area contributed by atoms with E-state index in [0.29, 0.717) is 16.7 Å². The molecule has 0 saturated carbocycles. The molecule has 0 aliphatic carbocycles. The summed E-state index contributed by atoms with van der Waals surface area (Å²) in [5.41, 5.74) is 1.67. The van der Waals surface area contributed by atoms with Gasteiger partial charge in [0.15, 0.2) is 0 Å². The number of hydrogen-bond acceptors (Lipinski definition) is 5. The van der Waals surface area contributed by atoms with Gasteiger partial charge in [0, 0.05) is 17.3 Å². The minimum atomic E-state index is 0.00403. The third-order valence-corrected chi connectivity index (χ3v) is 4.68. The fourth-order valence-electron chi connectivity index (χ4n) is 2.33. The molecule has 0 atom stereocenters. The number of hydrogen-bond donors (Lipinski definition) is 0. The van der Waals surface area contributed by atoms with Crippen molar-refractivity contribution in [2.24, 2.45) is 0 Å². The number of anilines is 1. The van der Waals surface area contributed by atoms with Crippen LogP contribution in [-0.2, 0) is 4.79 Å². The molecule has 128 valence electrons. The van der Waals surface area contributed by atoms with Gasteiger partial charge in [-0.15, -0.1) is 5.10 Å². The van der Waals surface area contributed by atoms with Crippen LogP contribution in [0.15, 0.2) is 59.8 Å². The van der Waals surface area contributed by atoms with Gasteiger partial charge in [-0.1, -0.05) is 41.6 Å². The molecule has 0 N–H and O–H groups in total. The van der Waals surface area contributed by atoms with Crippen molar-refractivity contribution in [3.8, 4) is 5.69 Å². The number of carbonyl (C=O) groups is 1. The summed E-state index contributed by atoms with van der Waals surface area (Å²) in [4.78, 5) is 14.3. The molecule has 1 aromatic heterocycles. The van der Waals surface area contributed by atoms with Gasteiger partial charge in [0.05, 0.1) is 11.4 Å². The first-order valence-corrected chi connectivity index (χ1v) is 9.08. The molecule has 1 amide bonds. The van der Waals surface area contributed by atoms with Crippen LogP contribution in [0.1, 0.15) is 6.92 Å². The predicted octanol–water partition coefficient (Wildman–Crippen LogP) is 3.46.